The molecule has 7 nitrogen and oxygen atoms in total. The van der Waals surface area contributed by atoms with E-state index < -0.39 is 0 Å². The fourth-order valence-electron chi connectivity index (χ4n) is 2.77. The molecule has 1 saturated heterocycles. The van der Waals surface area contributed by atoms with Crippen LogP contribution >= 0.6 is 11.6 Å². The van der Waals surface area contributed by atoms with Crippen LogP contribution in [0.5, 0.6) is 0 Å². The average Bonchev–Trinajstić information content (AvgIpc) is 2.57. The Balaban J connectivity index is 1.72. The zero-order valence-corrected chi connectivity index (χ0v) is 13.7. The van der Waals surface area contributed by atoms with Crippen molar-refractivity contribution >= 4 is 23.4 Å². The van der Waals surface area contributed by atoms with Crippen LogP contribution in [0.4, 0.5) is 11.8 Å². The second-order valence-corrected chi connectivity index (χ2v) is 6.04. The van der Waals surface area contributed by atoms with E-state index in [-0.39, 0.29) is 11.6 Å². The van der Waals surface area contributed by atoms with E-state index in [1.54, 1.807) is 31.6 Å². The molecule has 0 saturated carbocycles. The molecule has 2 aromatic rings. The van der Waals surface area contributed by atoms with Crippen molar-refractivity contribution in [2.45, 2.75) is 25.3 Å². The molecule has 0 amide bonds. The van der Waals surface area contributed by atoms with Crippen molar-refractivity contribution in [1.82, 2.24) is 19.7 Å². The summed E-state index contributed by atoms with van der Waals surface area (Å²) in [5.41, 5.74) is -0.102. The van der Waals surface area contributed by atoms with E-state index in [1.807, 2.05) is 0 Å². The zero-order valence-electron chi connectivity index (χ0n) is 12.9. The average molecular weight is 335 g/mol. The number of hydrogen-bond donors (Lipinski definition) is 1. The molecule has 1 fully saturated rings. The molecular formula is C15H19ClN6O. The van der Waals surface area contributed by atoms with Crippen molar-refractivity contribution < 1.29 is 0 Å². The van der Waals surface area contributed by atoms with E-state index in [1.165, 1.54) is 11.1 Å². The molecule has 0 aromatic carbocycles. The van der Waals surface area contributed by atoms with Gasteiger partial charge in [0.15, 0.2) is 0 Å². The van der Waals surface area contributed by atoms with Gasteiger partial charge in [0.1, 0.15) is 5.82 Å². The van der Waals surface area contributed by atoms with E-state index in [2.05, 4.69) is 25.3 Å². The molecule has 1 aliphatic rings. The van der Waals surface area contributed by atoms with Gasteiger partial charge in [-0.25, -0.2) is 14.6 Å². The summed E-state index contributed by atoms with van der Waals surface area (Å²) >= 11 is 5.79. The maximum Gasteiger partial charge on any atom is 0.266 e. The number of aryl methyl sites for hydroxylation is 1. The third-order valence-corrected chi connectivity index (χ3v) is 4.18. The Bertz CT molecular complexity index is 717. The van der Waals surface area contributed by atoms with Crippen LogP contribution in [0.3, 0.4) is 0 Å². The van der Waals surface area contributed by atoms with Crippen molar-refractivity contribution in [3.8, 4) is 0 Å². The fourth-order valence-corrected chi connectivity index (χ4v) is 2.87. The molecule has 0 bridgehead atoms. The molecule has 3 heterocycles. The van der Waals surface area contributed by atoms with Gasteiger partial charge in [0, 0.05) is 32.2 Å². The van der Waals surface area contributed by atoms with Gasteiger partial charge in [-0.15, -0.1) is 0 Å². The predicted molar refractivity (Wildman–Crippen MR) is 90.0 cm³/mol. The van der Waals surface area contributed by atoms with Crippen LogP contribution in [0.2, 0.25) is 5.02 Å². The Morgan fingerprint density at radius 1 is 1.30 bits per heavy atom. The van der Waals surface area contributed by atoms with E-state index in [0.29, 0.717) is 17.5 Å². The smallest absolute Gasteiger partial charge is 0.266 e. The molecule has 23 heavy (non-hydrogen) atoms. The van der Waals surface area contributed by atoms with E-state index in [9.17, 15) is 4.79 Å². The minimum absolute atomic E-state index is 0.102. The quantitative estimate of drug-likeness (QED) is 0.917. The van der Waals surface area contributed by atoms with Crippen molar-refractivity contribution in [3.05, 3.63) is 39.9 Å². The lowest BCUT2D eigenvalue weighted by Crippen LogP contribution is -2.45. The summed E-state index contributed by atoms with van der Waals surface area (Å²) in [6, 6.07) is 3.64. The van der Waals surface area contributed by atoms with Gasteiger partial charge in [-0.05, 0) is 25.3 Å². The van der Waals surface area contributed by atoms with Gasteiger partial charge in [-0.3, -0.25) is 4.79 Å². The van der Waals surface area contributed by atoms with E-state index >= 15 is 0 Å². The summed E-state index contributed by atoms with van der Waals surface area (Å²) in [4.78, 5) is 22.1. The number of nitrogens with zero attached hydrogens (tertiary/aromatic N) is 5. The molecule has 1 unspecified atom stereocenters. The lowest BCUT2D eigenvalue weighted by atomic mass is 10.0. The van der Waals surface area contributed by atoms with Crippen LogP contribution in [0.15, 0.2) is 29.3 Å². The first kappa shape index (κ1) is 15.7. The highest BCUT2D eigenvalue weighted by atomic mass is 35.5. The topological polar surface area (TPSA) is 75.9 Å². The lowest BCUT2D eigenvalue weighted by Gasteiger charge is -2.36. The normalized spacial score (nSPS) is 18.0. The number of rotatable bonds is 4. The summed E-state index contributed by atoms with van der Waals surface area (Å²) in [7, 11) is 1.67. The molecule has 0 spiro atoms. The van der Waals surface area contributed by atoms with Crippen LogP contribution in [0, 0.1) is 0 Å². The van der Waals surface area contributed by atoms with Gasteiger partial charge in [0.25, 0.3) is 5.56 Å². The molecule has 0 aliphatic carbocycles. The number of hydrogen-bond acceptors (Lipinski definition) is 6. The van der Waals surface area contributed by atoms with Crippen LogP contribution in [0.1, 0.15) is 19.3 Å². The van der Waals surface area contributed by atoms with Crippen LogP contribution in [0.25, 0.3) is 0 Å². The third-order valence-electron chi connectivity index (χ3n) is 3.98. The van der Waals surface area contributed by atoms with Gasteiger partial charge in [-0.1, -0.05) is 11.6 Å². The summed E-state index contributed by atoms with van der Waals surface area (Å²) in [6.45, 7) is 1.64. The number of halogens is 1. The van der Waals surface area contributed by atoms with Gasteiger partial charge in [0.2, 0.25) is 5.95 Å². The maximum absolute atomic E-state index is 11.5. The Morgan fingerprint density at radius 3 is 2.83 bits per heavy atom. The Hall–Kier alpha value is -2.15. The lowest BCUT2D eigenvalue weighted by molar-refractivity contribution is 0.464. The molecule has 0 radical (unpaired) electrons. The van der Waals surface area contributed by atoms with Gasteiger partial charge >= 0.3 is 0 Å². The molecule has 3 rings (SSSR count). The molecular weight excluding hydrogens is 316 g/mol. The highest BCUT2D eigenvalue weighted by molar-refractivity contribution is 6.30. The first-order valence-electron chi connectivity index (χ1n) is 7.66. The zero-order chi connectivity index (χ0) is 16.2. The second kappa shape index (κ2) is 6.95. The maximum atomic E-state index is 11.5. The standard InChI is InChI=1S/C15H19ClN6O/c1-21-14(23)6-5-13(20-21)22-7-3-2-4-12(22)10-19-15-17-8-11(16)9-18-15/h5-6,8-9,12H,2-4,7,10H2,1H3,(H,17,18,19). The van der Waals surface area contributed by atoms with E-state index in [0.717, 1.165) is 25.2 Å². The van der Waals surface area contributed by atoms with Crippen molar-refractivity contribution in [3.63, 3.8) is 0 Å². The minimum atomic E-state index is -0.102. The van der Waals surface area contributed by atoms with Gasteiger partial charge < -0.3 is 10.2 Å². The van der Waals surface area contributed by atoms with Crippen molar-refractivity contribution in [1.29, 1.82) is 0 Å². The van der Waals surface area contributed by atoms with Crippen LogP contribution in [-0.2, 0) is 7.05 Å². The van der Waals surface area contributed by atoms with Crippen molar-refractivity contribution in [2.24, 2.45) is 7.05 Å². The molecule has 1 aliphatic heterocycles. The molecule has 1 N–H and O–H groups in total. The molecule has 1 atom stereocenters. The predicted octanol–water partition coefficient (Wildman–Crippen LogP) is 1.69. The summed E-state index contributed by atoms with van der Waals surface area (Å²) in [5, 5.41) is 8.13. The number of anilines is 2. The third kappa shape index (κ3) is 3.79. The summed E-state index contributed by atoms with van der Waals surface area (Å²) in [5.74, 6) is 1.39. The molecule has 122 valence electrons. The number of nitrogens with one attached hydrogen (secondary N) is 1. The van der Waals surface area contributed by atoms with Crippen LogP contribution < -0.4 is 15.8 Å². The largest absolute Gasteiger partial charge is 0.352 e. The highest BCUT2D eigenvalue weighted by Gasteiger charge is 2.24. The van der Waals surface area contributed by atoms with Gasteiger partial charge in [0.05, 0.1) is 17.4 Å². The fraction of sp³-hybridized carbons (Fsp3) is 0.467. The number of aromatic nitrogens is 4. The Kier molecular flexibility index (Phi) is 4.76. The Labute approximate surface area is 139 Å². The van der Waals surface area contributed by atoms with Crippen LogP contribution in [-0.4, -0.2) is 38.9 Å². The second-order valence-electron chi connectivity index (χ2n) is 5.60. The van der Waals surface area contributed by atoms with Gasteiger partial charge in [-0.2, -0.15) is 5.10 Å². The first-order valence-corrected chi connectivity index (χ1v) is 8.04. The molecule has 2 aromatic heterocycles. The summed E-state index contributed by atoms with van der Waals surface area (Å²) < 4.78 is 1.37. The first-order chi connectivity index (χ1) is 11.1. The van der Waals surface area contributed by atoms with Crippen molar-refractivity contribution in [2.75, 3.05) is 23.3 Å². The number of piperidine rings is 1. The monoisotopic (exact) mass is 334 g/mol. The summed E-state index contributed by atoms with van der Waals surface area (Å²) in [6.07, 6.45) is 6.51. The SMILES string of the molecule is Cn1nc(N2CCCCC2CNc2ncc(Cl)cn2)ccc1=O. The minimum Gasteiger partial charge on any atom is -0.352 e. The molecule has 8 heteroatoms. The van der Waals surface area contributed by atoms with E-state index in [4.69, 9.17) is 11.6 Å². The highest BCUT2D eigenvalue weighted by Crippen LogP contribution is 2.22. The Morgan fingerprint density at radius 2 is 2.09 bits per heavy atom.